The number of benzene rings is 4. The van der Waals surface area contributed by atoms with E-state index in [9.17, 15) is 9.59 Å². The molecule has 0 aliphatic rings. The molecule has 6 N–H and O–H groups in total. The van der Waals surface area contributed by atoms with E-state index >= 15 is 0 Å². The van der Waals surface area contributed by atoms with Crippen molar-refractivity contribution in [2.75, 3.05) is 39.3 Å². The molecule has 4 aromatic rings. The predicted molar refractivity (Wildman–Crippen MR) is 206 cm³/mol. The number of urea groups is 2. The fourth-order valence-electron chi connectivity index (χ4n) is 5.42. The first kappa shape index (κ1) is 41.1. The smallest absolute Gasteiger partial charge is 0.315 e. The zero-order valence-electron chi connectivity index (χ0n) is 28.1. The van der Waals surface area contributed by atoms with Crippen molar-refractivity contribution >= 4 is 36.9 Å². The second-order valence-electron chi connectivity index (χ2n) is 11.6. The lowest BCUT2D eigenvalue weighted by atomic mass is 9.99. The summed E-state index contributed by atoms with van der Waals surface area (Å²) in [6.07, 6.45) is 5.15. The summed E-state index contributed by atoms with van der Waals surface area (Å²) < 4.78 is 0. The maximum absolute atomic E-state index is 12.6. The highest BCUT2D eigenvalue weighted by atomic mass is 35.5. The molecule has 0 atom stereocenters. The summed E-state index contributed by atoms with van der Waals surface area (Å²) in [5, 5.41) is 19.2. The van der Waals surface area contributed by atoms with E-state index in [4.69, 9.17) is 0 Å². The van der Waals surface area contributed by atoms with Gasteiger partial charge in [-0.2, -0.15) is 0 Å². The van der Waals surface area contributed by atoms with Crippen molar-refractivity contribution < 1.29 is 9.59 Å². The summed E-state index contributed by atoms with van der Waals surface area (Å²) >= 11 is 0. The van der Waals surface area contributed by atoms with Crippen LogP contribution in [0.25, 0.3) is 0 Å². The van der Waals surface area contributed by atoms with Crippen LogP contribution in [0.3, 0.4) is 0 Å². The van der Waals surface area contributed by atoms with E-state index in [1.165, 1.54) is 0 Å². The van der Waals surface area contributed by atoms with Crippen LogP contribution in [-0.2, 0) is 0 Å². The van der Waals surface area contributed by atoms with Crippen molar-refractivity contribution in [1.29, 1.82) is 0 Å². The Balaban J connectivity index is 0.00000417. The Morgan fingerprint density at radius 3 is 0.980 bits per heavy atom. The third-order valence-electron chi connectivity index (χ3n) is 7.92. The molecule has 0 aliphatic heterocycles. The van der Waals surface area contributed by atoms with Gasteiger partial charge in [0.2, 0.25) is 0 Å². The number of halogens is 2. The Morgan fingerprint density at radius 1 is 0.388 bits per heavy atom. The van der Waals surface area contributed by atoms with Gasteiger partial charge in [-0.3, -0.25) is 0 Å². The lowest BCUT2D eigenvalue weighted by Gasteiger charge is -2.20. The molecular formula is C39H52Cl2N6O2. The van der Waals surface area contributed by atoms with Crippen molar-refractivity contribution in [3.63, 3.8) is 0 Å². The molecule has 0 radical (unpaired) electrons. The first-order valence-electron chi connectivity index (χ1n) is 16.9. The van der Waals surface area contributed by atoms with Crippen LogP contribution in [0.5, 0.6) is 0 Å². The van der Waals surface area contributed by atoms with Gasteiger partial charge in [0.15, 0.2) is 0 Å². The standard InChI is InChI=1S/C39H50N6O2.2ClH/c46-38(44-36(32-18-6-1-7-19-32)33-20-8-2-9-21-33)42-30-16-28-40-26-14-5-15-27-41-29-17-31-43-39(47)45-37(34-22-10-3-11-23-34)35-24-12-4-13-25-35;;/h1-4,6-13,18-25,36-37,40-41H,5,14-17,26-31H2,(H2,42,44,46)(H2,43,45,47);2*1H. The monoisotopic (exact) mass is 706 g/mol. The van der Waals surface area contributed by atoms with Crippen LogP contribution in [-0.4, -0.2) is 51.3 Å². The quantitative estimate of drug-likeness (QED) is 0.0550. The zero-order valence-corrected chi connectivity index (χ0v) is 29.7. The summed E-state index contributed by atoms with van der Waals surface area (Å²) in [4.78, 5) is 25.2. The largest absolute Gasteiger partial charge is 0.338 e. The van der Waals surface area contributed by atoms with Crippen LogP contribution < -0.4 is 31.9 Å². The van der Waals surface area contributed by atoms with E-state index in [-0.39, 0.29) is 49.0 Å². The summed E-state index contributed by atoms with van der Waals surface area (Å²) in [7, 11) is 0. The van der Waals surface area contributed by atoms with Crippen LogP contribution in [0.15, 0.2) is 121 Å². The van der Waals surface area contributed by atoms with Gasteiger partial charge in [-0.15, -0.1) is 24.8 Å². The minimum absolute atomic E-state index is 0. The van der Waals surface area contributed by atoms with E-state index in [0.717, 1.165) is 80.5 Å². The summed E-state index contributed by atoms with van der Waals surface area (Å²) in [6, 6.07) is 39.4. The molecule has 0 saturated carbocycles. The highest BCUT2D eigenvalue weighted by Crippen LogP contribution is 2.22. The highest BCUT2D eigenvalue weighted by molar-refractivity contribution is 5.85. The molecule has 10 heteroatoms. The molecule has 0 aromatic heterocycles. The molecule has 264 valence electrons. The number of carbonyl (C=O) groups excluding carboxylic acids is 2. The second kappa shape index (κ2) is 25.0. The molecule has 0 saturated heterocycles. The number of nitrogens with one attached hydrogen (secondary N) is 6. The van der Waals surface area contributed by atoms with Crippen molar-refractivity contribution in [1.82, 2.24) is 31.9 Å². The van der Waals surface area contributed by atoms with Crippen LogP contribution in [0, 0.1) is 0 Å². The molecule has 4 aromatic carbocycles. The van der Waals surface area contributed by atoms with Crippen LogP contribution in [0.2, 0.25) is 0 Å². The maximum atomic E-state index is 12.6. The number of carbonyl (C=O) groups is 2. The Labute approximate surface area is 304 Å². The molecule has 0 bridgehead atoms. The minimum Gasteiger partial charge on any atom is -0.338 e. The van der Waals surface area contributed by atoms with Gasteiger partial charge >= 0.3 is 12.1 Å². The van der Waals surface area contributed by atoms with E-state index < -0.39 is 0 Å². The van der Waals surface area contributed by atoms with Crippen LogP contribution in [0.1, 0.15) is 66.4 Å². The number of rotatable bonds is 20. The normalized spacial score (nSPS) is 10.5. The summed E-state index contributed by atoms with van der Waals surface area (Å²) in [5.74, 6) is 0. The summed E-state index contributed by atoms with van der Waals surface area (Å²) in [6.45, 7) is 4.94. The van der Waals surface area contributed by atoms with Gasteiger partial charge in [0.05, 0.1) is 12.1 Å². The van der Waals surface area contributed by atoms with Gasteiger partial charge in [0.25, 0.3) is 0 Å². The molecule has 0 spiro atoms. The maximum Gasteiger partial charge on any atom is 0.315 e. The van der Waals surface area contributed by atoms with Gasteiger partial charge in [0.1, 0.15) is 0 Å². The van der Waals surface area contributed by atoms with Crippen molar-refractivity contribution in [3.05, 3.63) is 144 Å². The average Bonchev–Trinajstić information content (AvgIpc) is 3.12. The highest BCUT2D eigenvalue weighted by Gasteiger charge is 2.17. The molecule has 0 fully saturated rings. The van der Waals surface area contributed by atoms with Gasteiger partial charge < -0.3 is 31.9 Å². The van der Waals surface area contributed by atoms with Crippen molar-refractivity contribution in [2.24, 2.45) is 0 Å². The van der Waals surface area contributed by atoms with Crippen molar-refractivity contribution in [2.45, 2.75) is 44.2 Å². The third kappa shape index (κ3) is 15.8. The Hall–Kier alpha value is -4.08. The lowest BCUT2D eigenvalue weighted by molar-refractivity contribution is 0.237. The zero-order chi connectivity index (χ0) is 32.8. The van der Waals surface area contributed by atoms with E-state index in [2.05, 4.69) is 31.9 Å². The Bertz CT molecular complexity index is 1230. The van der Waals surface area contributed by atoms with E-state index in [1.807, 2.05) is 121 Å². The molecule has 8 nitrogen and oxygen atoms in total. The van der Waals surface area contributed by atoms with Crippen LogP contribution >= 0.6 is 24.8 Å². The molecule has 4 rings (SSSR count). The SMILES string of the molecule is Cl.Cl.O=C(NCCCNCCCCCNCCCNC(=O)NC(c1ccccc1)c1ccccc1)NC(c1ccccc1)c1ccccc1. The topological polar surface area (TPSA) is 106 Å². The fraction of sp³-hybridized carbons (Fsp3) is 0.333. The molecule has 0 unspecified atom stereocenters. The fourth-order valence-corrected chi connectivity index (χ4v) is 5.42. The summed E-state index contributed by atoms with van der Waals surface area (Å²) in [5.41, 5.74) is 4.22. The van der Waals surface area contributed by atoms with Gasteiger partial charge in [-0.05, 0) is 74.1 Å². The first-order chi connectivity index (χ1) is 23.2. The van der Waals surface area contributed by atoms with Gasteiger partial charge in [-0.1, -0.05) is 128 Å². The first-order valence-corrected chi connectivity index (χ1v) is 16.9. The second-order valence-corrected chi connectivity index (χ2v) is 11.6. The molecule has 4 amide bonds. The predicted octanol–water partition coefficient (Wildman–Crippen LogP) is 7.14. The van der Waals surface area contributed by atoms with Crippen LogP contribution in [0.4, 0.5) is 9.59 Å². The van der Waals surface area contributed by atoms with Gasteiger partial charge in [0, 0.05) is 13.1 Å². The number of amides is 4. The average molecular weight is 708 g/mol. The molecule has 49 heavy (non-hydrogen) atoms. The number of hydrogen-bond donors (Lipinski definition) is 6. The minimum atomic E-state index is -0.188. The lowest BCUT2D eigenvalue weighted by Crippen LogP contribution is -2.39. The number of unbranched alkanes of at least 4 members (excludes halogenated alkanes) is 2. The Morgan fingerprint density at radius 2 is 0.673 bits per heavy atom. The molecule has 0 aliphatic carbocycles. The van der Waals surface area contributed by atoms with Crippen molar-refractivity contribution in [3.8, 4) is 0 Å². The van der Waals surface area contributed by atoms with E-state index in [0.29, 0.717) is 13.1 Å². The Kier molecular flexibility index (Phi) is 20.9. The molecular weight excluding hydrogens is 655 g/mol. The van der Waals surface area contributed by atoms with Gasteiger partial charge in [-0.25, -0.2) is 9.59 Å². The number of hydrogen-bond acceptors (Lipinski definition) is 4. The molecule has 0 heterocycles. The third-order valence-corrected chi connectivity index (χ3v) is 7.92. The van der Waals surface area contributed by atoms with E-state index in [1.54, 1.807) is 0 Å².